The lowest BCUT2D eigenvalue weighted by atomic mass is 10.1. The summed E-state index contributed by atoms with van der Waals surface area (Å²) in [5.41, 5.74) is 0.307. The molecule has 2 atom stereocenters. The number of halogens is 1. The lowest BCUT2D eigenvalue weighted by Crippen LogP contribution is -2.20. The summed E-state index contributed by atoms with van der Waals surface area (Å²) in [6.07, 6.45) is -0.355. The van der Waals surface area contributed by atoms with Crippen LogP contribution in [0.25, 0.3) is 0 Å². The summed E-state index contributed by atoms with van der Waals surface area (Å²) >= 11 is 9.56. The van der Waals surface area contributed by atoms with E-state index in [4.69, 9.17) is 16.3 Å². The van der Waals surface area contributed by atoms with Gasteiger partial charge in [-0.15, -0.1) is 0 Å². The number of aromatic nitrogens is 2. The molecule has 7 heteroatoms. The van der Waals surface area contributed by atoms with Gasteiger partial charge in [0.1, 0.15) is 6.10 Å². The highest BCUT2D eigenvalue weighted by molar-refractivity contribution is 7.80. The van der Waals surface area contributed by atoms with E-state index in [0.29, 0.717) is 17.7 Å². The van der Waals surface area contributed by atoms with Crippen molar-refractivity contribution in [3.05, 3.63) is 17.0 Å². The normalized spacial score (nSPS) is 14.6. The Kier molecular flexibility index (Phi) is 5.27. The van der Waals surface area contributed by atoms with Crippen LogP contribution in [-0.2, 0) is 0 Å². The van der Waals surface area contributed by atoms with Crippen LogP contribution >= 0.6 is 24.2 Å². The van der Waals surface area contributed by atoms with Crippen molar-refractivity contribution in [1.29, 1.82) is 0 Å². The topological polar surface area (TPSA) is 75.5 Å². The molecule has 0 fully saturated rings. The fraction of sp³-hybridized carbons (Fsp3) is 0.556. The maximum atomic E-state index is 9.84. The van der Waals surface area contributed by atoms with E-state index in [0.717, 1.165) is 0 Å². The maximum absolute atomic E-state index is 9.84. The molecule has 1 aromatic heterocycles. The standard InChI is InChI=1S/C9H13ClN2O3S/c1-15-8-5(4-11-9(10)12-8)7(14)6(13)2-3-16/h4,6-7,13-14,16H,2-3H2,1H3. The molecular weight excluding hydrogens is 252 g/mol. The van der Waals surface area contributed by atoms with E-state index >= 15 is 0 Å². The molecule has 2 N–H and O–H groups in total. The highest BCUT2D eigenvalue weighted by Gasteiger charge is 2.22. The third kappa shape index (κ3) is 3.21. The Hall–Kier alpha value is -0.560. The molecule has 0 aliphatic carbocycles. The van der Waals surface area contributed by atoms with E-state index in [9.17, 15) is 10.2 Å². The summed E-state index contributed by atoms with van der Waals surface area (Å²) in [6.45, 7) is 0. The zero-order valence-electron chi connectivity index (χ0n) is 8.67. The van der Waals surface area contributed by atoms with Gasteiger partial charge in [-0.05, 0) is 23.8 Å². The number of hydrogen-bond acceptors (Lipinski definition) is 6. The zero-order chi connectivity index (χ0) is 12.1. The molecule has 0 aliphatic heterocycles. The van der Waals surface area contributed by atoms with Gasteiger partial charge in [0.05, 0.1) is 18.8 Å². The molecule has 0 saturated heterocycles. The molecule has 0 aromatic carbocycles. The van der Waals surface area contributed by atoms with Gasteiger partial charge in [0.25, 0.3) is 0 Å². The van der Waals surface area contributed by atoms with Crippen molar-refractivity contribution in [3.8, 4) is 5.88 Å². The molecule has 0 saturated carbocycles. The highest BCUT2D eigenvalue weighted by atomic mass is 35.5. The minimum Gasteiger partial charge on any atom is -0.481 e. The van der Waals surface area contributed by atoms with E-state index in [1.165, 1.54) is 13.3 Å². The second-order valence-electron chi connectivity index (χ2n) is 3.13. The Labute approximate surface area is 104 Å². The highest BCUT2D eigenvalue weighted by Crippen LogP contribution is 2.26. The predicted molar refractivity (Wildman–Crippen MR) is 63.0 cm³/mol. The molecule has 0 spiro atoms. The van der Waals surface area contributed by atoms with Crippen LogP contribution in [0.15, 0.2) is 6.20 Å². The van der Waals surface area contributed by atoms with Crippen LogP contribution in [0.4, 0.5) is 0 Å². The second kappa shape index (κ2) is 6.24. The van der Waals surface area contributed by atoms with E-state index < -0.39 is 12.2 Å². The van der Waals surface area contributed by atoms with Gasteiger partial charge >= 0.3 is 0 Å². The quantitative estimate of drug-likeness (QED) is 0.543. The Bertz CT molecular complexity index is 354. The first kappa shape index (κ1) is 13.5. The molecule has 1 heterocycles. The lowest BCUT2D eigenvalue weighted by molar-refractivity contribution is 0.0153. The minimum atomic E-state index is -1.11. The Balaban J connectivity index is 2.93. The van der Waals surface area contributed by atoms with Crippen LogP contribution in [0.1, 0.15) is 18.1 Å². The summed E-state index contributed by atoms with van der Waals surface area (Å²) in [4.78, 5) is 7.53. The molecule has 0 radical (unpaired) electrons. The van der Waals surface area contributed by atoms with Crippen LogP contribution in [0.5, 0.6) is 5.88 Å². The molecule has 1 rings (SSSR count). The Morgan fingerprint density at radius 3 is 2.81 bits per heavy atom. The number of aliphatic hydroxyl groups is 2. The number of aliphatic hydroxyl groups excluding tert-OH is 2. The smallest absolute Gasteiger partial charge is 0.225 e. The fourth-order valence-corrected chi connectivity index (χ4v) is 1.61. The van der Waals surface area contributed by atoms with Gasteiger partial charge in [0, 0.05) is 6.20 Å². The second-order valence-corrected chi connectivity index (χ2v) is 3.91. The summed E-state index contributed by atoms with van der Waals surface area (Å²) in [5.74, 6) is 0.625. The third-order valence-corrected chi connectivity index (χ3v) is 2.49. The number of rotatable bonds is 5. The summed E-state index contributed by atoms with van der Waals surface area (Å²) in [6, 6.07) is 0. The van der Waals surface area contributed by atoms with Crippen LogP contribution in [0.2, 0.25) is 5.28 Å². The molecule has 0 bridgehead atoms. The van der Waals surface area contributed by atoms with Gasteiger partial charge in [-0.2, -0.15) is 17.6 Å². The van der Waals surface area contributed by atoms with Gasteiger partial charge in [-0.1, -0.05) is 0 Å². The summed E-state index contributed by atoms with van der Waals surface area (Å²) < 4.78 is 4.95. The number of hydrogen-bond donors (Lipinski definition) is 3. The van der Waals surface area contributed by atoms with Gasteiger partial charge in [-0.25, -0.2) is 4.98 Å². The molecule has 2 unspecified atom stereocenters. The van der Waals surface area contributed by atoms with Crippen LogP contribution in [-0.4, -0.2) is 39.1 Å². The van der Waals surface area contributed by atoms with Gasteiger partial charge < -0.3 is 14.9 Å². The van der Waals surface area contributed by atoms with Crippen molar-refractivity contribution in [2.45, 2.75) is 18.6 Å². The average molecular weight is 265 g/mol. The fourth-order valence-electron chi connectivity index (χ4n) is 1.22. The molecule has 1 aromatic rings. The lowest BCUT2D eigenvalue weighted by Gasteiger charge is -2.18. The van der Waals surface area contributed by atoms with Crippen molar-refractivity contribution in [2.75, 3.05) is 12.9 Å². The average Bonchev–Trinajstić information content (AvgIpc) is 2.28. The van der Waals surface area contributed by atoms with Crippen molar-refractivity contribution in [2.24, 2.45) is 0 Å². The Morgan fingerprint density at radius 2 is 2.25 bits per heavy atom. The van der Waals surface area contributed by atoms with Crippen molar-refractivity contribution in [1.82, 2.24) is 9.97 Å². The molecule has 16 heavy (non-hydrogen) atoms. The van der Waals surface area contributed by atoms with E-state index in [-0.39, 0.29) is 11.2 Å². The molecule has 90 valence electrons. The van der Waals surface area contributed by atoms with Crippen molar-refractivity contribution in [3.63, 3.8) is 0 Å². The largest absolute Gasteiger partial charge is 0.481 e. The maximum Gasteiger partial charge on any atom is 0.225 e. The van der Waals surface area contributed by atoms with Crippen LogP contribution in [0, 0.1) is 0 Å². The SMILES string of the molecule is COc1nc(Cl)ncc1C(O)C(O)CCS. The number of thiol groups is 1. The van der Waals surface area contributed by atoms with E-state index in [2.05, 4.69) is 22.6 Å². The number of ether oxygens (including phenoxy) is 1. The molecular formula is C9H13ClN2O3S. The van der Waals surface area contributed by atoms with Crippen molar-refractivity contribution < 1.29 is 14.9 Å². The zero-order valence-corrected chi connectivity index (χ0v) is 10.3. The number of methoxy groups -OCH3 is 1. The van der Waals surface area contributed by atoms with Gasteiger partial charge in [-0.3, -0.25) is 0 Å². The summed E-state index contributed by atoms with van der Waals surface area (Å²) in [5, 5.41) is 19.5. The number of nitrogens with zero attached hydrogens (tertiary/aromatic N) is 2. The predicted octanol–water partition coefficient (Wildman–Crippen LogP) is 0.853. The first-order valence-corrected chi connectivity index (χ1v) is 5.64. The van der Waals surface area contributed by atoms with Crippen molar-refractivity contribution >= 4 is 24.2 Å². The van der Waals surface area contributed by atoms with Gasteiger partial charge in [0.15, 0.2) is 0 Å². The first-order valence-electron chi connectivity index (χ1n) is 4.63. The molecule has 5 nitrogen and oxygen atoms in total. The van der Waals surface area contributed by atoms with E-state index in [1.54, 1.807) is 0 Å². The van der Waals surface area contributed by atoms with E-state index in [1.807, 2.05) is 0 Å². The third-order valence-electron chi connectivity index (χ3n) is 2.05. The first-order chi connectivity index (χ1) is 7.60. The Morgan fingerprint density at radius 1 is 1.56 bits per heavy atom. The molecule has 0 aliphatic rings. The van der Waals surface area contributed by atoms with Gasteiger partial charge in [0.2, 0.25) is 11.2 Å². The monoisotopic (exact) mass is 264 g/mol. The summed E-state index contributed by atoms with van der Waals surface area (Å²) in [7, 11) is 1.40. The molecule has 0 amide bonds. The minimum absolute atomic E-state index is 0.0245. The van der Waals surface area contributed by atoms with Crippen LogP contribution < -0.4 is 4.74 Å². The van der Waals surface area contributed by atoms with Crippen LogP contribution in [0.3, 0.4) is 0 Å².